The van der Waals surface area contributed by atoms with Crippen molar-refractivity contribution in [2.24, 2.45) is 5.18 Å². The topological polar surface area (TPSA) is 96.4 Å². The van der Waals surface area contributed by atoms with Gasteiger partial charge in [0.25, 0.3) is 0 Å². The van der Waals surface area contributed by atoms with Crippen LogP contribution in [0.3, 0.4) is 0 Å². The van der Waals surface area contributed by atoms with E-state index in [0.29, 0.717) is 25.9 Å². The van der Waals surface area contributed by atoms with Gasteiger partial charge in [0, 0.05) is 24.7 Å². The van der Waals surface area contributed by atoms with Gasteiger partial charge in [0.15, 0.2) is 0 Å². The van der Waals surface area contributed by atoms with Gasteiger partial charge in [0.1, 0.15) is 12.3 Å². The summed E-state index contributed by atoms with van der Waals surface area (Å²) in [6.45, 7) is 2.81. The smallest absolute Gasteiger partial charge is 0.414 e. The molecule has 0 saturated carbocycles. The van der Waals surface area contributed by atoms with E-state index in [1.165, 1.54) is 28.6 Å². The Kier molecular flexibility index (Phi) is 5.10. The van der Waals surface area contributed by atoms with Crippen molar-refractivity contribution in [1.82, 2.24) is 4.31 Å². The van der Waals surface area contributed by atoms with Crippen LogP contribution in [0.5, 0.6) is 0 Å². The van der Waals surface area contributed by atoms with Crippen LogP contribution in [0.25, 0.3) is 0 Å². The molecule has 4 rings (SSSR count). The van der Waals surface area contributed by atoms with E-state index >= 15 is 0 Å². The van der Waals surface area contributed by atoms with Crippen molar-refractivity contribution >= 4 is 27.5 Å². The van der Waals surface area contributed by atoms with Crippen LogP contribution in [-0.2, 0) is 21.4 Å². The lowest BCUT2D eigenvalue weighted by Gasteiger charge is -2.40. The Morgan fingerprint density at radius 3 is 2.41 bits per heavy atom. The molecule has 2 aliphatic rings. The first kappa shape index (κ1) is 19.5. The molecule has 2 heterocycles. The van der Waals surface area contributed by atoms with E-state index in [0.717, 1.165) is 16.8 Å². The molecule has 0 N–H and O–H groups in total. The fourth-order valence-electron chi connectivity index (χ4n) is 3.98. The van der Waals surface area contributed by atoms with Gasteiger partial charge in [-0.05, 0) is 54.8 Å². The predicted octanol–water partition coefficient (Wildman–Crippen LogP) is 3.70. The minimum absolute atomic E-state index is 0.127. The number of anilines is 1. The van der Waals surface area contributed by atoms with Crippen LogP contribution in [0.1, 0.15) is 24.0 Å². The van der Waals surface area contributed by atoms with E-state index in [1.807, 2.05) is 25.1 Å². The number of benzene rings is 2. The lowest BCUT2D eigenvalue weighted by atomic mass is 10.00. The highest BCUT2D eigenvalue weighted by Crippen LogP contribution is 2.35. The van der Waals surface area contributed by atoms with Gasteiger partial charge >= 0.3 is 6.09 Å². The molecule has 0 spiro atoms. The maximum absolute atomic E-state index is 12.9. The number of rotatable bonds is 4. The Balaban J connectivity index is 1.53. The third-order valence-corrected chi connectivity index (χ3v) is 7.39. The molecular formula is C20H21N3O5S. The highest BCUT2D eigenvalue weighted by Gasteiger charge is 2.37. The second-order valence-electron chi connectivity index (χ2n) is 7.23. The SMILES string of the molecule is Cc1cccc2c1N(C1CCN(S(=O)(=O)c3ccc(N=O)cc3)CC1)C(=O)OC2. The highest BCUT2D eigenvalue weighted by molar-refractivity contribution is 7.89. The summed E-state index contributed by atoms with van der Waals surface area (Å²) in [5.74, 6) is 0. The average molecular weight is 415 g/mol. The fourth-order valence-corrected chi connectivity index (χ4v) is 5.45. The number of hydrogen-bond donors (Lipinski definition) is 0. The molecule has 0 radical (unpaired) electrons. The third-order valence-electron chi connectivity index (χ3n) is 5.48. The number of fused-ring (bicyclic) bond motifs is 1. The molecule has 0 unspecified atom stereocenters. The van der Waals surface area contributed by atoms with Crippen molar-refractivity contribution in [3.8, 4) is 0 Å². The van der Waals surface area contributed by atoms with E-state index in [2.05, 4.69) is 5.18 Å². The van der Waals surface area contributed by atoms with Gasteiger partial charge in [-0.3, -0.25) is 4.90 Å². The number of nitroso groups, excluding NO2 is 1. The molecule has 8 nitrogen and oxygen atoms in total. The first-order chi connectivity index (χ1) is 13.9. The van der Waals surface area contributed by atoms with Crippen LogP contribution >= 0.6 is 0 Å². The van der Waals surface area contributed by atoms with Crippen LogP contribution in [0, 0.1) is 11.8 Å². The molecule has 152 valence electrons. The summed E-state index contributed by atoms with van der Waals surface area (Å²) in [4.78, 5) is 24.9. The van der Waals surface area contributed by atoms with Gasteiger partial charge < -0.3 is 4.74 Å². The van der Waals surface area contributed by atoms with E-state index < -0.39 is 10.0 Å². The Bertz CT molecular complexity index is 1040. The molecule has 1 fully saturated rings. The Hall–Kier alpha value is -2.78. The minimum atomic E-state index is -3.67. The van der Waals surface area contributed by atoms with E-state index in [9.17, 15) is 18.1 Å². The van der Waals surface area contributed by atoms with Crippen LogP contribution < -0.4 is 4.90 Å². The lowest BCUT2D eigenvalue weighted by molar-refractivity contribution is 0.135. The molecule has 0 aromatic heterocycles. The average Bonchev–Trinajstić information content (AvgIpc) is 2.74. The summed E-state index contributed by atoms with van der Waals surface area (Å²) in [7, 11) is -3.67. The number of hydrogen-bond acceptors (Lipinski definition) is 6. The monoisotopic (exact) mass is 415 g/mol. The molecule has 1 saturated heterocycles. The molecule has 9 heteroatoms. The number of carbonyl (C=O) groups is 1. The van der Waals surface area contributed by atoms with Crippen molar-refractivity contribution < 1.29 is 17.9 Å². The van der Waals surface area contributed by atoms with E-state index in [-0.39, 0.29) is 29.3 Å². The lowest BCUT2D eigenvalue weighted by Crippen LogP contribution is -2.50. The first-order valence-electron chi connectivity index (χ1n) is 9.40. The van der Waals surface area contributed by atoms with Crippen LogP contribution in [0.15, 0.2) is 52.5 Å². The van der Waals surface area contributed by atoms with Crippen molar-refractivity contribution in [2.75, 3.05) is 18.0 Å². The molecule has 2 aromatic carbocycles. The van der Waals surface area contributed by atoms with E-state index in [1.54, 1.807) is 4.90 Å². The molecule has 0 aliphatic carbocycles. The Morgan fingerprint density at radius 2 is 1.76 bits per heavy atom. The van der Waals surface area contributed by atoms with Gasteiger partial charge in [0.05, 0.1) is 10.6 Å². The number of sulfonamides is 1. The zero-order chi connectivity index (χ0) is 20.6. The van der Waals surface area contributed by atoms with Crippen molar-refractivity contribution in [3.63, 3.8) is 0 Å². The number of carbonyl (C=O) groups excluding carboxylic acids is 1. The Morgan fingerprint density at radius 1 is 1.07 bits per heavy atom. The van der Waals surface area contributed by atoms with Crippen LogP contribution in [0.2, 0.25) is 0 Å². The molecular weight excluding hydrogens is 394 g/mol. The summed E-state index contributed by atoms with van der Waals surface area (Å²) >= 11 is 0. The van der Waals surface area contributed by atoms with E-state index in [4.69, 9.17) is 4.74 Å². The Labute approximate surface area is 169 Å². The van der Waals surface area contributed by atoms with Crippen molar-refractivity contribution in [1.29, 1.82) is 0 Å². The molecule has 2 aliphatic heterocycles. The summed E-state index contributed by atoms with van der Waals surface area (Å²) < 4.78 is 32.5. The van der Waals surface area contributed by atoms with Gasteiger partial charge in [-0.25, -0.2) is 13.2 Å². The quantitative estimate of drug-likeness (QED) is 0.710. The normalized spacial score (nSPS) is 18.2. The summed E-state index contributed by atoms with van der Waals surface area (Å²) in [5.41, 5.74) is 3.02. The second kappa shape index (κ2) is 7.57. The number of nitrogens with zero attached hydrogens (tertiary/aromatic N) is 3. The number of ether oxygens (including phenoxy) is 1. The highest BCUT2D eigenvalue weighted by atomic mass is 32.2. The van der Waals surface area contributed by atoms with Crippen LogP contribution in [-0.4, -0.2) is 37.9 Å². The number of para-hydroxylation sites is 1. The van der Waals surface area contributed by atoms with Gasteiger partial charge in [0.2, 0.25) is 10.0 Å². The van der Waals surface area contributed by atoms with Gasteiger partial charge in [-0.15, -0.1) is 4.91 Å². The third kappa shape index (κ3) is 3.51. The maximum Gasteiger partial charge on any atom is 0.414 e. The summed E-state index contributed by atoms with van der Waals surface area (Å²) in [6.07, 6.45) is 0.636. The largest absolute Gasteiger partial charge is 0.444 e. The number of amides is 1. The van der Waals surface area contributed by atoms with Gasteiger partial charge in [-0.2, -0.15) is 4.31 Å². The minimum Gasteiger partial charge on any atom is -0.444 e. The first-order valence-corrected chi connectivity index (χ1v) is 10.8. The van der Waals surface area contributed by atoms with Gasteiger partial charge in [-0.1, -0.05) is 18.2 Å². The molecule has 29 heavy (non-hydrogen) atoms. The molecule has 1 amide bonds. The molecule has 0 atom stereocenters. The standard InChI is InChI=1S/C20H21N3O5S/c1-14-3-2-4-15-13-28-20(24)23(19(14)15)17-9-11-22(12-10-17)29(26,27)18-7-5-16(21-25)6-8-18/h2-8,17H,9-13H2,1H3. The molecule has 2 aromatic rings. The van der Waals surface area contributed by atoms with Crippen molar-refractivity contribution in [2.45, 2.75) is 37.3 Å². The number of cyclic esters (lactones) is 1. The predicted molar refractivity (Wildman–Crippen MR) is 108 cm³/mol. The zero-order valence-corrected chi connectivity index (χ0v) is 16.8. The maximum atomic E-state index is 12.9. The fraction of sp³-hybridized carbons (Fsp3) is 0.350. The van der Waals surface area contributed by atoms with Crippen molar-refractivity contribution in [3.05, 3.63) is 58.5 Å². The summed E-state index contributed by atoms with van der Waals surface area (Å²) in [5, 5.41) is 2.79. The molecule has 0 bridgehead atoms. The van der Waals surface area contributed by atoms with Crippen LogP contribution in [0.4, 0.5) is 16.2 Å². The number of piperidine rings is 1. The number of aryl methyl sites for hydroxylation is 1. The zero-order valence-electron chi connectivity index (χ0n) is 15.9. The second-order valence-corrected chi connectivity index (χ2v) is 9.17. The summed E-state index contributed by atoms with van der Waals surface area (Å²) in [6, 6.07) is 11.3.